The molecule has 0 saturated carbocycles. The molecule has 0 radical (unpaired) electrons. The number of pyridine rings is 2. The Labute approximate surface area is 328 Å². The van der Waals surface area contributed by atoms with Crippen molar-refractivity contribution in [1.29, 1.82) is 0 Å². The highest BCUT2D eigenvalue weighted by Crippen LogP contribution is 2.42. The first-order valence-corrected chi connectivity index (χ1v) is 18.6. The van der Waals surface area contributed by atoms with Crippen molar-refractivity contribution < 1.29 is 19.0 Å². The van der Waals surface area contributed by atoms with E-state index in [2.05, 4.69) is 20.9 Å². The number of hydrogen-bond acceptors (Lipinski definition) is 9. The average molecular weight is 780 g/mol. The molecule has 0 spiro atoms. The first-order chi connectivity index (χ1) is 26.8. The molecule has 3 aromatic heterocycles. The number of nitrogens with zero attached hydrogens (tertiary/aromatic N) is 3. The summed E-state index contributed by atoms with van der Waals surface area (Å²) in [4.78, 5) is 34.4. The minimum absolute atomic E-state index is 0.0920. The lowest BCUT2D eigenvalue weighted by molar-refractivity contribution is -0.119. The Morgan fingerprint density at radius 1 is 0.782 bits per heavy atom. The zero-order valence-corrected chi connectivity index (χ0v) is 32.1. The number of methoxy groups -OCH3 is 3. The topological polar surface area (TPSA) is 128 Å². The van der Waals surface area contributed by atoms with Crippen LogP contribution in [-0.2, 0) is 24.4 Å². The summed E-state index contributed by atoms with van der Waals surface area (Å²) in [7, 11) is 4.81. The number of fused-ring (bicyclic) bond motifs is 1. The average Bonchev–Trinajstić information content (AvgIpc) is 3.63. The van der Waals surface area contributed by atoms with Gasteiger partial charge in [0.2, 0.25) is 11.8 Å². The lowest BCUT2D eigenvalue weighted by Gasteiger charge is -2.16. The largest absolute Gasteiger partial charge is 0.497 e. The van der Waals surface area contributed by atoms with Crippen molar-refractivity contribution in [1.82, 2.24) is 30.3 Å². The van der Waals surface area contributed by atoms with Crippen LogP contribution in [0, 0.1) is 0 Å². The van der Waals surface area contributed by atoms with E-state index in [1.165, 1.54) is 4.40 Å². The third kappa shape index (κ3) is 8.16. The number of hydrogen-bond donors (Lipinski definition) is 3. The quantitative estimate of drug-likeness (QED) is 0.106. The fraction of sp³-hybridized carbons (Fsp3) is 0.238. The van der Waals surface area contributed by atoms with Gasteiger partial charge in [0.05, 0.1) is 42.6 Å². The van der Waals surface area contributed by atoms with Gasteiger partial charge in [0, 0.05) is 90.5 Å². The Morgan fingerprint density at radius 3 is 2.22 bits per heavy atom. The molecule has 3 aromatic carbocycles. The molecule has 1 amide bonds. The minimum Gasteiger partial charge on any atom is -0.497 e. The highest BCUT2D eigenvalue weighted by Gasteiger charge is 2.21. The standard InChI is InChI=1S/C42H40Cl2N6O5/c1-53-30-13-10-26(36(19-30)54-2)20-45-22-28-23-47-37-18-25(16-17-50(37)42(28)52)31-6-4-7-32(39(31)43)33-8-5-9-34(40(33)44)35-14-11-27(41(49-35)55-3)21-46-24-29-12-15-38(51)48-29/h4-11,13-14,16-19,23,29,45-46H,12,15,20-22,24H2,1-3H3,(H,48,51). The number of halogens is 2. The second kappa shape index (κ2) is 16.9. The van der Waals surface area contributed by atoms with Crippen LogP contribution in [-0.4, -0.2) is 54.2 Å². The first kappa shape index (κ1) is 37.8. The molecule has 11 nitrogen and oxygen atoms in total. The number of amides is 1. The van der Waals surface area contributed by atoms with Gasteiger partial charge in [0.15, 0.2) is 0 Å². The molecule has 3 N–H and O–H groups in total. The molecule has 6 aromatic rings. The Kier molecular flexibility index (Phi) is 11.6. The highest BCUT2D eigenvalue weighted by molar-refractivity contribution is 6.39. The van der Waals surface area contributed by atoms with Gasteiger partial charge in [-0.25, -0.2) is 9.97 Å². The van der Waals surface area contributed by atoms with E-state index in [1.54, 1.807) is 33.7 Å². The van der Waals surface area contributed by atoms with Crippen molar-refractivity contribution in [2.45, 2.75) is 38.5 Å². The van der Waals surface area contributed by atoms with E-state index in [-0.39, 0.29) is 17.5 Å². The van der Waals surface area contributed by atoms with Gasteiger partial charge in [-0.1, -0.05) is 71.7 Å². The SMILES string of the molecule is COc1ccc(CNCc2cnc3cc(-c4cccc(-c5cccc(-c6ccc(CNCC7CCC(=O)N7)c(OC)n6)c5Cl)c4Cl)ccn3c2=O)c(OC)c1. The molecule has 1 saturated heterocycles. The van der Waals surface area contributed by atoms with Gasteiger partial charge in [0.25, 0.3) is 5.56 Å². The molecule has 1 aliphatic rings. The molecular weight excluding hydrogens is 739 g/mol. The number of benzene rings is 3. The maximum atomic E-state index is 13.5. The molecule has 0 bridgehead atoms. The number of rotatable bonds is 14. The molecule has 4 heterocycles. The van der Waals surface area contributed by atoms with Crippen LogP contribution in [0.2, 0.25) is 10.0 Å². The zero-order valence-electron chi connectivity index (χ0n) is 30.6. The van der Waals surface area contributed by atoms with E-state index in [0.717, 1.165) is 45.4 Å². The molecule has 7 rings (SSSR count). The molecule has 0 aliphatic carbocycles. The van der Waals surface area contributed by atoms with Gasteiger partial charge in [0.1, 0.15) is 17.1 Å². The molecular formula is C42H40Cl2N6O5. The third-order valence-corrected chi connectivity index (χ3v) is 10.5. The molecule has 13 heteroatoms. The van der Waals surface area contributed by atoms with Crippen LogP contribution >= 0.6 is 23.2 Å². The van der Waals surface area contributed by atoms with Crippen molar-refractivity contribution in [2.24, 2.45) is 0 Å². The Balaban J connectivity index is 1.09. The third-order valence-electron chi connectivity index (χ3n) is 9.70. The van der Waals surface area contributed by atoms with E-state index in [9.17, 15) is 9.59 Å². The Morgan fingerprint density at radius 2 is 1.49 bits per heavy atom. The van der Waals surface area contributed by atoms with E-state index in [0.29, 0.717) is 76.9 Å². The maximum Gasteiger partial charge on any atom is 0.262 e. The summed E-state index contributed by atoms with van der Waals surface area (Å²) in [6.07, 6.45) is 4.71. The molecule has 1 fully saturated rings. The molecule has 1 aliphatic heterocycles. The second-order valence-electron chi connectivity index (χ2n) is 13.1. The van der Waals surface area contributed by atoms with Crippen LogP contribution < -0.4 is 35.7 Å². The second-order valence-corrected chi connectivity index (χ2v) is 13.9. The predicted molar refractivity (Wildman–Crippen MR) is 215 cm³/mol. The maximum absolute atomic E-state index is 13.5. The van der Waals surface area contributed by atoms with Crippen molar-refractivity contribution in [3.05, 3.63) is 128 Å². The van der Waals surface area contributed by atoms with E-state index < -0.39 is 0 Å². The monoisotopic (exact) mass is 778 g/mol. The lowest BCUT2D eigenvalue weighted by Crippen LogP contribution is -2.35. The van der Waals surface area contributed by atoms with Crippen LogP contribution in [0.4, 0.5) is 0 Å². The van der Waals surface area contributed by atoms with Crippen LogP contribution in [0.3, 0.4) is 0 Å². The minimum atomic E-state index is -0.164. The van der Waals surface area contributed by atoms with E-state index in [1.807, 2.05) is 78.9 Å². The molecule has 1 atom stereocenters. The highest BCUT2D eigenvalue weighted by atomic mass is 35.5. The summed E-state index contributed by atoms with van der Waals surface area (Å²) in [5.41, 5.74) is 7.15. The fourth-order valence-corrected chi connectivity index (χ4v) is 7.44. The number of ether oxygens (including phenoxy) is 3. The molecule has 282 valence electrons. The summed E-state index contributed by atoms with van der Waals surface area (Å²) in [5, 5.41) is 10.7. The van der Waals surface area contributed by atoms with E-state index in [4.69, 9.17) is 42.4 Å². The number of nitrogens with one attached hydrogen (secondary N) is 3. The van der Waals surface area contributed by atoms with Crippen molar-refractivity contribution in [2.75, 3.05) is 27.9 Å². The first-order valence-electron chi connectivity index (χ1n) is 17.8. The van der Waals surface area contributed by atoms with Crippen molar-refractivity contribution >= 4 is 34.8 Å². The zero-order chi connectivity index (χ0) is 38.5. The summed E-state index contributed by atoms with van der Waals surface area (Å²) in [6, 6.07) is 24.9. The van der Waals surface area contributed by atoms with Gasteiger partial charge in [-0.2, -0.15) is 0 Å². The normalized spacial score (nSPS) is 13.9. The number of aromatic nitrogens is 3. The van der Waals surface area contributed by atoms with Crippen molar-refractivity contribution in [3.8, 4) is 50.9 Å². The van der Waals surface area contributed by atoms with Crippen LogP contribution in [0.15, 0.2) is 96.1 Å². The van der Waals surface area contributed by atoms with Crippen LogP contribution in [0.25, 0.3) is 39.2 Å². The van der Waals surface area contributed by atoms with Gasteiger partial charge in [-0.15, -0.1) is 0 Å². The predicted octanol–water partition coefficient (Wildman–Crippen LogP) is 7.08. The summed E-state index contributed by atoms with van der Waals surface area (Å²) < 4.78 is 18.0. The molecule has 55 heavy (non-hydrogen) atoms. The molecule has 1 unspecified atom stereocenters. The Hall–Kier alpha value is -5.46. The number of carbonyl (C=O) groups excluding carboxylic acids is 1. The van der Waals surface area contributed by atoms with Gasteiger partial charge < -0.3 is 30.2 Å². The summed E-state index contributed by atoms with van der Waals surface area (Å²) >= 11 is 14.2. The van der Waals surface area contributed by atoms with E-state index >= 15 is 0 Å². The fourth-order valence-electron chi connectivity index (χ4n) is 6.77. The van der Waals surface area contributed by atoms with Gasteiger partial charge in [-0.05, 0) is 36.2 Å². The number of carbonyl (C=O) groups is 1. The Bertz CT molecular complexity index is 2440. The summed E-state index contributed by atoms with van der Waals surface area (Å²) in [6.45, 7) is 2.03. The smallest absolute Gasteiger partial charge is 0.262 e. The van der Waals surface area contributed by atoms with Gasteiger partial charge >= 0.3 is 0 Å². The van der Waals surface area contributed by atoms with Crippen molar-refractivity contribution in [3.63, 3.8) is 0 Å². The van der Waals surface area contributed by atoms with Crippen LogP contribution in [0.1, 0.15) is 29.5 Å². The summed E-state index contributed by atoms with van der Waals surface area (Å²) in [5.74, 6) is 1.99. The lowest BCUT2D eigenvalue weighted by atomic mass is 9.97. The van der Waals surface area contributed by atoms with Gasteiger partial charge in [-0.3, -0.25) is 14.0 Å². The van der Waals surface area contributed by atoms with Crippen LogP contribution in [0.5, 0.6) is 17.4 Å².